The number of thioether (sulfide) groups is 1. The summed E-state index contributed by atoms with van der Waals surface area (Å²) in [6.45, 7) is 2.06. The van der Waals surface area contributed by atoms with Gasteiger partial charge in [0.1, 0.15) is 0 Å². The zero-order chi connectivity index (χ0) is 20.5. The Hall–Kier alpha value is -3.23. The van der Waals surface area contributed by atoms with Crippen LogP contribution in [0.25, 0.3) is 22.0 Å². The van der Waals surface area contributed by atoms with Gasteiger partial charge >= 0.3 is 0 Å². The molecule has 0 radical (unpaired) electrons. The lowest BCUT2D eigenvalue weighted by Gasteiger charge is -2.10. The third-order valence-corrected chi connectivity index (χ3v) is 6.38. The Morgan fingerprint density at radius 2 is 1.83 bits per heavy atom. The standard InChI is InChI=1S/C22H17N5OS2/c1-15-7-9-18(10-8-15)27-20(16-5-3-2-4-6-16)24-25-22(27)30-14-17-13-19(28)26-11-12-29-21(26)23-17/h2-13H,14H2,1H3. The van der Waals surface area contributed by atoms with Crippen LogP contribution in [-0.2, 0) is 5.75 Å². The van der Waals surface area contributed by atoms with Gasteiger partial charge in [0.2, 0.25) is 0 Å². The molecule has 0 spiro atoms. The molecule has 0 N–H and O–H groups in total. The van der Waals surface area contributed by atoms with Gasteiger partial charge in [-0.25, -0.2) is 4.98 Å². The predicted molar refractivity (Wildman–Crippen MR) is 120 cm³/mol. The highest BCUT2D eigenvalue weighted by molar-refractivity contribution is 7.98. The van der Waals surface area contributed by atoms with Crippen LogP contribution in [0.3, 0.4) is 0 Å². The second kappa shape index (κ2) is 7.89. The van der Waals surface area contributed by atoms with Gasteiger partial charge in [-0.2, -0.15) is 0 Å². The minimum atomic E-state index is -0.0678. The van der Waals surface area contributed by atoms with Crippen molar-refractivity contribution in [1.82, 2.24) is 24.1 Å². The maximum Gasteiger partial charge on any atom is 0.258 e. The lowest BCUT2D eigenvalue weighted by Crippen LogP contribution is -2.12. The normalized spacial score (nSPS) is 11.2. The summed E-state index contributed by atoms with van der Waals surface area (Å²) in [7, 11) is 0. The monoisotopic (exact) mass is 431 g/mol. The highest BCUT2D eigenvalue weighted by Crippen LogP contribution is 2.29. The largest absolute Gasteiger partial charge is 0.270 e. The number of aryl methyl sites for hydroxylation is 1. The van der Waals surface area contributed by atoms with E-state index in [2.05, 4.69) is 50.9 Å². The van der Waals surface area contributed by atoms with Crippen LogP contribution in [-0.4, -0.2) is 24.1 Å². The number of hydrogen-bond donors (Lipinski definition) is 0. The van der Waals surface area contributed by atoms with Crippen LogP contribution in [0.1, 0.15) is 11.3 Å². The Morgan fingerprint density at radius 1 is 1.03 bits per heavy atom. The minimum Gasteiger partial charge on any atom is -0.270 e. The van der Waals surface area contributed by atoms with Gasteiger partial charge in [-0.05, 0) is 19.1 Å². The molecule has 3 heterocycles. The van der Waals surface area contributed by atoms with Crippen molar-refractivity contribution in [3.05, 3.63) is 93.9 Å². The van der Waals surface area contributed by atoms with Gasteiger partial charge in [0.15, 0.2) is 15.9 Å². The smallest absolute Gasteiger partial charge is 0.258 e. The van der Waals surface area contributed by atoms with E-state index < -0.39 is 0 Å². The van der Waals surface area contributed by atoms with Gasteiger partial charge in [0.05, 0.1) is 5.69 Å². The molecule has 5 aromatic rings. The van der Waals surface area contributed by atoms with Crippen molar-refractivity contribution in [2.75, 3.05) is 0 Å². The van der Waals surface area contributed by atoms with Gasteiger partial charge in [-0.15, -0.1) is 21.5 Å². The number of rotatable bonds is 5. The average molecular weight is 432 g/mol. The molecule has 0 aliphatic rings. The molecule has 0 aliphatic heterocycles. The zero-order valence-electron chi connectivity index (χ0n) is 16.1. The van der Waals surface area contributed by atoms with E-state index in [4.69, 9.17) is 0 Å². The summed E-state index contributed by atoms with van der Waals surface area (Å²) in [5, 5.41) is 11.5. The lowest BCUT2D eigenvalue weighted by molar-refractivity contribution is 0.884. The predicted octanol–water partition coefficient (Wildman–Crippen LogP) is 4.60. The summed E-state index contributed by atoms with van der Waals surface area (Å²) in [5.74, 6) is 1.31. The maximum absolute atomic E-state index is 12.3. The first-order valence-corrected chi connectivity index (χ1v) is 11.2. The minimum absolute atomic E-state index is 0.0678. The summed E-state index contributed by atoms with van der Waals surface area (Å²) in [6.07, 6.45) is 1.74. The molecular formula is C22H17N5OS2. The van der Waals surface area contributed by atoms with E-state index in [0.717, 1.165) is 27.9 Å². The molecule has 0 aliphatic carbocycles. The quantitative estimate of drug-likeness (QED) is 0.381. The molecule has 30 heavy (non-hydrogen) atoms. The molecule has 0 unspecified atom stereocenters. The lowest BCUT2D eigenvalue weighted by atomic mass is 10.2. The molecule has 0 atom stereocenters. The van der Waals surface area contributed by atoms with Crippen molar-refractivity contribution in [2.24, 2.45) is 0 Å². The molecule has 2 aromatic carbocycles. The molecule has 0 bridgehead atoms. The van der Waals surface area contributed by atoms with E-state index in [1.165, 1.54) is 28.7 Å². The summed E-state index contributed by atoms with van der Waals surface area (Å²) in [5.41, 5.74) is 3.84. The second-order valence-corrected chi connectivity index (χ2v) is 8.59. The molecule has 0 saturated carbocycles. The van der Waals surface area contributed by atoms with Crippen LogP contribution in [0.4, 0.5) is 0 Å². The van der Waals surface area contributed by atoms with Crippen LogP contribution in [0.5, 0.6) is 0 Å². The first-order valence-electron chi connectivity index (χ1n) is 9.35. The SMILES string of the molecule is Cc1ccc(-n2c(SCc3cc(=O)n4ccsc4n3)nnc2-c2ccccc2)cc1. The number of thiazole rings is 1. The fourth-order valence-corrected chi connectivity index (χ4v) is 4.75. The molecular weight excluding hydrogens is 414 g/mol. The van der Waals surface area contributed by atoms with Crippen molar-refractivity contribution < 1.29 is 0 Å². The summed E-state index contributed by atoms with van der Waals surface area (Å²) >= 11 is 2.97. The van der Waals surface area contributed by atoms with Gasteiger partial charge in [-0.1, -0.05) is 59.8 Å². The van der Waals surface area contributed by atoms with Crippen molar-refractivity contribution >= 4 is 28.1 Å². The van der Waals surface area contributed by atoms with Crippen LogP contribution < -0.4 is 5.56 Å². The molecule has 0 amide bonds. The third-order valence-electron chi connectivity index (χ3n) is 4.66. The highest BCUT2D eigenvalue weighted by Gasteiger charge is 2.16. The van der Waals surface area contributed by atoms with E-state index in [1.54, 1.807) is 16.7 Å². The Labute approximate surface area is 180 Å². The van der Waals surface area contributed by atoms with Crippen LogP contribution in [0.2, 0.25) is 0 Å². The van der Waals surface area contributed by atoms with Crippen molar-refractivity contribution in [3.63, 3.8) is 0 Å². The van der Waals surface area contributed by atoms with Gasteiger partial charge in [-0.3, -0.25) is 13.8 Å². The first kappa shape index (κ1) is 18.8. The summed E-state index contributed by atoms with van der Waals surface area (Å²) in [4.78, 5) is 17.6. The molecule has 148 valence electrons. The van der Waals surface area contributed by atoms with E-state index >= 15 is 0 Å². The van der Waals surface area contributed by atoms with Gasteiger partial charge in [0.25, 0.3) is 5.56 Å². The molecule has 3 aromatic heterocycles. The van der Waals surface area contributed by atoms with Crippen molar-refractivity contribution in [3.8, 4) is 17.1 Å². The summed E-state index contributed by atoms with van der Waals surface area (Å²) in [6, 6.07) is 19.9. The Balaban J connectivity index is 1.53. The maximum atomic E-state index is 12.3. The number of aromatic nitrogens is 5. The van der Waals surface area contributed by atoms with Crippen molar-refractivity contribution in [1.29, 1.82) is 0 Å². The molecule has 0 saturated heterocycles. The number of hydrogen-bond acceptors (Lipinski definition) is 6. The van der Waals surface area contributed by atoms with Crippen LogP contribution in [0.15, 0.2) is 82.2 Å². The number of benzene rings is 2. The first-order chi connectivity index (χ1) is 14.7. The van der Waals surface area contributed by atoms with E-state index in [9.17, 15) is 4.79 Å². The van der Waals surface area contributed by atoms with E-state index in [1.807, 2.05) is 35.7 Å². The zero-order valence-corrected chi connectivity index (χ0v) is 17.7. The summed E-state index contributed by atoms with van der Waals surface area (Å²) < 4.78 is 3.61. The van der Waals surface area contributed by atoms with Gasteiger partial charge in [0, 0.05) is 34.6 Å². The van der Waals surface area contributed by atoms with E-state index in [-0.39, 0.29) is 5.56 Å². The molecule has 6 nitrogen and oxygen atoms in total. The van der Waals surface area contributed by atoms with Gasteiger partial charge < -0.3 is 0 Å². The molecule has 5 rings (SSSR count). The Bertz CT molecular complexity index is 1370. The molecule has 8 heteroatoms. The van der Waals surface area contributed by atoms with Crippen molar-refractivity contribution in [2.45, 2.75) is 17.8 Å². The van der Waals surface area contributed by atoms with Crippen LogP contribution in [0, 0.1) is 6.92 Å². The Kier molecular flexibility index (Phi) is 4.94. The fourth-order valence-electron chi connectivity index (χ4n) is 3.16. The third kappa shape index (κ3) is 3.55. The average Bonchev–Trinajstić information content (AvgIpc) is 3.41. The second-order valence-electron chi connectivity index (χ2n) is 6.77. The van der Waals surface area contributed by atoms with E-state index in [0.29, 0.717) is 10.7 Å². The Morgan fingerprint density at radius 3 is 2.63 bits per heavy atom. The number of nitrogens with zero attached hydrogens (tertiary/aromatic N) is 5. The molecule has 0 fully saturated rings. The fraction of sp³-hybridized carbons (Fsp3) is 0.0909. The topological polar surface area (TPSA) is 65.1 Å². The van der Waals surface area contributed by atoms with Crippen LogP contribution >= 0.6 is 23.1 Å². The highest BCUT2D eigenvalue weighted by atomic mass is 32.2. The number of fused-ring (bicyclic) bond motifs is 1.